The summed E-state index contributed by atoms with van der Waals surface area (Å²) < 4.78 is 0. The minimum atomic E-state index is -0.781. The number of carbonyl (C=O) groups is 1. The molecule has 0 aliphatic rings. The van der Waals surface area contributed by atoms with Crippen LogP contribution in [0.15, 0.2) is 58.3 Å². The molecule has 0 spiro atoms. The third-order valence-electron chi connectivity index (χ3n) is 3.72. The standard InChI is InChI=1S/C20H24O2S2/c1-3-4-5-14-23-18-10-6-16(7-11-18)17-8-12-19(13-9-17)24-15(2)20(21)22/h6-13,15H,3-5,14H2,1-2H3,(H,21,22)/t15-/m1/s1. The second kappa shape index (κ2) is 9.80. The van der Waals surface area contributed by atoms with Crippen LogP contribution in [-0.4, -0.2) is 22.1 Å². The molecular weight excluding hydrogens is 336 g/mol. The number of carboxylic acid groups (broad SMARTS) is 1. The van der Waals surface area contributed by atoms with E-state index in [4.69, 9.17) is 5.11 Å². The van der Waals surface area contributed by atoms with Crippen LogP contribution in [0, 0.1) is 0 Å². The molecule has 0 radical (unpaired) electrons. The maximum absolute atomic E-state index is 10.9. The molecule has 0 saturated heterocycles. The summed E-state index contributed by atoms with van der Waals surface area (Å²) in [7, 11) is 0. The first kappa shape index (κ1) is 18.9. The SMILES string of the molecule is CCCCCSc1ccc(-c2ccc(S[C@H](C)C(=O)O)cc2)cc1. The van der Waals surface area contributed by atoms with Gasteiger partial charge in [-0.05, 0) is 54.5 Å². The van der Waals surface area contributed by atoms with Crippen LogP contribution in [0.2, 0.25) is 0 Å². The molecule has 0 aliphatic carbocycles. The third-order valence-corrected chi connectivity index (χ3v) is 5.92. The number of unbranched alkanes of at least 4 members (excludes halogenated alkanes) is 2. The molecule has 0 aromatic heterocycles. The van der Waals surface area contributed by atoms with Crippen molar-refractivity contribution in [1.82, 2.24) is 0 Å². The van der Waals surface area contributed by atoms with Crippen LogP contribution < -0.4 is 0 Å². The second-order valence-electron chi connectivity index (χ2n) is 5.70. The average molecular weight is 361 g/mol. The quantitative estimate of drug-likeness (QED) is 0.426. The summed E-state index contributed by atoms with van der Waals surface area (Å²) in [5, 5.41) is 8.54. The van der Waals surface area contributed by atoms with Gasteiger partial charge in [-0.1, -0.05) is 44.0 Å². The lowest BCUT2D eigenvalue weighted by Gasteiger charge is -2.08. The van der Waals surface area contributed by atoms with E-state index in [0.29, 0.717) is 0 Å². The monoisotopic (exact) mass is 360 g/mol. The maximum atomic E-state index is 10.9. The fraction of sp³-hybridized carbons (Fsp3) is 0.350. The minimum absolute atomic E-state index is 0.431. The first-order valence-electron chi connectivity index (χ1n) is 8.33. The smallest absolute Gasteiger partial charge is 0.316 e. The summed E-state index contributed by atoms with van der Waals surface area (Å²) in [4.78, 5) is 13.2. The van der Waals surface area contributed by atoms with Crippen LogP contribution in [0.25, 0.3) is 11.1 Å². The molecule has 0 aliphatic heterocycles. The zero-order chi connectivity index (χ0) is 17.4. The predicted octanol–water partition coefficient (Wildman–Crippen LogP) is 6.20. The summed E-state index contributed by atoms with van der Waals surface area (Å²) in [6.45, 7) is 3.93. The molecule has 0 amide bonds. The largest absolute Gasteiger partial charge is 0.480 e. The predicted molar refractivity (Wildman–Crippen MR) is 105 cm³/mol. The summed E-state index contributed by atoms with van der Waals surface area (Å²) in [5.41, 5.74) is 2.35. The Morgan fingerprint density at radius 2 is 1.50 bits per heavy atom. The molecule has 4 heteroatoms. The van der Waals surface area contributed by atoms with Gasteiger partial charge in [0.05, 0.1) is 0 Å². The lowest BCUT2D eigenvalue weighted by molar-refractivity contribution is -0.136. The molecule has 24 heavy (non-hydrogen) atoms. The number of carboxylic acids is 1. The van der Waals surface area contributed by atoms with E-state index in [0.717, 1.165) is 10.5 Å². The Kier molecular flexibility index (Phi) is 7.73. The van der Waals surface area contributed by atoms with E-state index in [1.807, 2.05) is 23.9 Å². The molecule has 2 aromatic rings. The van der Waals surface area contributed by atoms with Gasteiger partial charge in [-0.3, -0.25) is 4.79 Å². The second-order valence-corrected chi connectivity index (χ2v) is 8.29. The highest BCUT2D eigenvalue weighted by atomic mass is 32.2. The van der Waals surface area contributed by atoms with Gasteiger partial charge in [0.2, 0.25) is 0 Å². The summed E-state index contributed by atoms with van der Waals surface area (Å²) in [6.07, 6.45) is 3.84. The van der Waals surface area contributed by atoms with Crippen LogP contribution in [0.3, 0.4) is 0 Å². The first-order chi connectivity index (χ1) is 11.6. The average Bonchev–Trinajstić information content (AvgIpc) is 2.60. The fourth-order valence-electron chi connectivity index (χ4n) is 2.27. The molecule has 0 unspecified atom stereocenters. The zero-order valence-corrected chi connectivity index (χ0v) is 15.8. The molecule has 1 atom stereocenters. The van der Waals surface area contributed by atoms with E-state index in [-0.39, 0.29) is 0 Å². The van der Waals surface area contributed by atoms with Crippen LogP contribution >= 0.6 is 23.5 Å². The Morgan fingerprint density at radius 1 is 0.958 bits per heavy atom. The van der Waals surface area contributed by atoms with Crippen molar-refractivity contribution in [1.29, 1.82) is 0 Å². The van der Waals surface area contributed by atoms with Crippen LogP contribution in [0.5, 0.6) is 0 Å². The Balaban J connectivity index is 1.95. The van der Waals surface area contributed by atoms with Gasteiger partial charge in [-0.15, -0.1) is 23.5 Å². The Labute approximate surface area is 153 Å². The lowest BCUT2D eigenvalue weighted by Crippen LogP contribution is -2.10. The van der Waals surface area contributed by atoms with Gasteiger partial charge in [0.25, 0.3) is 0 Å². The highest BCUT2D eigenvalue weighted by Crippen LogP contribution is 2.28. The maximum Gasteiger partial charge on any atom is 0.316 e. The van der Waals surface area contributed by atoms with Crippen molar-refractivity contribution in [3.63, 3.8) is 0 Å². The van der Waals surface area contributed by atoms with Crippen molar-refractivity contribution in [2.45, 2.75) is 48.2 Å². The number of benzene rings is 2. The van der Waals surface area contributed by atoms with Crippen molar-refractivity contribution >= 4 is 29.5 Å². The van der Waals surface area contributed by atoms with Gasteiger partial charge in [-0.25, -0.2) is 0 Å². The van der Waals surface area contributed by atoms with Gasteiger partial charge < -0.3 is 5.11 Å². The van der Waals surface area contributed by atoms with E-state index in [1.54, 1.807) is 6.92 Å². The lowest BCUT2D eigenvalue weighted by atomic mass is 10.1. The van der Waals surface area contributed by atoms with E-state index >= 15 is 0 Å². The highest BCUT2D eigenvalue weighted by molar-refractivity contribution is 8.00. The highest BCUT2D eigenvalue weighted by Gasteiger charge is 2.12. The molecule has 2 nitrogen and oxygen atoms in total. The molecule has 0 heterocycles. The third kappa shape index (κ3) is 5.91. The molecule has 2 aromatic carbocycles. The topological polar surface area (TPSA) is 37.3 Å². The van der Waals surface area contributed by atoms with Crippen LogP contribution in [-0.2, 0) is 4.79 Å². The fourth-order valence-corrected chi connectivity index (χ4v) is 3.98. The first-order valence-corrected chi connectivity index (χ1v) is 10.2. The molecular formula is C20H24O2S2. The van der Waals surface area contributed by atoms with E-state index in [2.05, 4.69) is 43.3 Å². The van der Waals surface area contributed by atoms with Gasteiger partial charge in [0.15, 0.2) is 0 Å². The van der Waals surface area contributed by atoms with Crippen molar-refractivity contribution in [3.05, 3.63) is 48.5 Å². The van der Waals surface area contributed by atoms with Crippen molar-refractivity contribution < 1.29 is 9.90 Å². The Bertz CT molecular complexity index is 636. The zero-order valence-electron chi connectivity index (χ0n) is 14.2. The van der Waals surface area contributed by atoms with Gasteiger partial charge in [0.1, 0.15) is 5.25 Å². The van der Waals surface area contributed by atoms with Gasteiger partial charge in [-0.2, -0.15) is 0 Å². The van der Waals surface area contributed by atoms with E-state index in [9.17, 15) is 4.79 Å². The molecule has 0 fully saturated rings. The van der Waals surface area contributed by atoms with Gasteiger partial charge in [0, 0.05) is 9.79 Å². The van der Waals surface area contributed by atoms with E-state index < -0.39 is 11.2 Å². The molecule has 1 N–H and O–H groups in total. The minimum Gasteiger partial charge on any atom is -0.480 e. The van der Waals surface area contributed by atoms with E-state index in [1.165, 1.54) is 47.2 Å². The van der Waals surface area contributed by atoms with Gasteiger partial charge >= 0.3 is 5.97 Å². The van der Waals surface area contributed by atoms with Crippen molar-refractivity contribution in [2.24, 2.45) is 0 Å². The number of thioether (sulfide) groups is 2. The van der Waals surface area contributed by atoms with Crippen molar-refractivity contribution in [3.8, 4) is 11.1 Å². The number of rotatable bonds is 9. The van der Waals surface area contributed by atoms with Crippen molar-refractivity contribution in [2.75, 3.05) is 5.75 Å². The summed E-state index contributed by atoms with van der Waals surface area (Å²) in [5.74, 6) is 0.400. The molecule has 0 bridgehead atoms. The summed E-state index contributed by atoms with van der Waals surface area (Å²) >= 11 is 3.29. The van der Waals surface area contributed by atoms with Crippen LogP contribution in [0.1, 0.15) is 33.1 Å². The number of hydrogen-bond donors (Lipinski definition) is 1. The molecule has 128 valence electrons. The Hall–Kier alpha value is -1.39. The Morgan fingerprint density at radius 3 is 2.00 bits per heavy atom. The molecule has 2 rings (SSSR count). The normalized spacial score (nSPS) is 12.1. The number of aliphatic carboxylic acids is 1. The molecule has 0 saturated carbocycles. The number of hydrogen-bond acceptors (Lipinski definition) is 3. The summed E-state index contributed by atoms with van der Waals surface area (Å²) in [6, 6.07) is 16.8. The van der Waals surface area contributed by atoms with Crippen LogP contribution in [0.4, 0.5) is 0 Å².